The highest BCUT2D eigenvalue weighted by atomic mass is 16.5. The monoisotopic (exact) mass is 218 g/mol. The summed E-state index contributed by atoms with van der Waals surface area (Å²) < 4.78 is 6.17. The second kappa shape index (κ2) is 2.98. The molecule has 0 N–H and O–H groups in total. The van der Waals surface area contributed by atoms with E-state index in [1.165, 1.54) is 19.3 Å². The van der Waals surface area contributed by atoms with Gasteiger partial charge in [-0.1, -0.05) is 12.2 Å². The van der Waals surface area contributed by atoms with Crippen molar-refractivity contribution in [1.82, 2.24) is 0 Å². The lowest BCUT2D eigenvalue weighted by molar-refractivity contribution is -0.124. The van der Waals surface area contributed by atoms with E-state index in [0.29, 0.717) is 11.7 Å². The molecule has 86 valence electrons. The van der Waals surface area contributed by atoms with E-state index in [4.69, 9.17) is 4.74 Å². The van der Waals surface area contributed by atoms with E-state index in [1.807, 2.05) is 0 Å². The topological polar surface area (TPSA) is 26.3 Å². The van der Waals surface area contributed by atoms with Crippen LogP contribution in [0.25, 0.3) is 0 Å². The van der Waals surface area contributed by atoms with Gasteiger partial charge in [-0.3, -0.25) is 4.79 Å². The van der Waals surface area contributed by atoms with E-state index in [2.05, 4.69) is 12.2 Å². The Balaban J connectivity index is 1.82. The summed E-state index contributed by atoms with van der Waals surface area (Å²) in [4.78, 5) is 12.2. The van der Waals surface area contributed by atoms with Gasteiger partial charge < -0.3 is 4.74 Å². The second-order valence-electron chi connectivity index (χ2n) is 5.96. The largest absolute Gasteiger partial charge is 0.363 e. The van der Waals surface area contributed by atoms with Gasteiger partial charge in [-0.2, -0.15) is 0 Å². The highest BCUT2D eigenvalue weighted by Gasteiger charge is 2.61. The molecule has 5 atom stereocenters. The van der Waals surface area contributed by atoms with Crippen molar-refractivity contribution in [3.63, 3.8) is 0 Å². The van der Waals surface area contributed by atoms with Crippen molar-refractivity contribution in [2.45, 2.75) is 50.2 Å². The van der Waals surface area contributed by atoms with Crippen LogP contribution in [-0.4, -0.2) is 17.5 Å². The summed E-state index contributed by atoms with van der Waals surface area (Å²) in [5, 5.41) is 0. The van der Waals surface area contributed by atoms with Crippen LogP contribution in [0.2, 0.25) is 0 Å². The van der Waals surface area contributed by atoms with Gasteiger partial charge in [0.2, 0.25) is 0 Å². The number of fused-ring (bicyclic) bond motifs is 2. The lowest BCUT2D eigenvalue weighted by Gasteiger charge is -2.42. The van der Waals surface area contributed by atoms with E-state index >= 15 is 0 Å². The Morgan fingerprint density at radius 2 is 2.19 bits per heavy atom. The van der Waals surface area contributed by atoms with Crippen LogP contribution in [0.4, 0.5) is 0 Å². The van der Waals surface area contributed by atoms with Crippen LogP contribution in [0, 0.1) is 17.8 Å². The van der Waals surface area contributed by atoms with E-state index in [9.17, 15) is 4.79 Å². The smallest absolute Gasteiger partial charge is 0.139 e. The minimum atomic E-state index is -0.0295. The van der Waals surface area contributed by atoms with Gasteiger partial charge >= 0.3 is 0 Å². The van der Waals surface area contributed by atoms with Crippen molar-refractivity contribution in [3.8, 4) is 0 Å². The van der Waals surface area contributed by atoms with Gasteiger partial charge in [0.25, 0.3) is 0 Å². The number of ether oxygens (including phenoxy) is 1. The predicted octanol–water partition coefficient (Wildman–Crippen LogP) is 2.48. The fraction of sp³-hybridized carbons (Fsp3) is 0.786. The summed E-state index contributed by atoms with van der Waals surface area (Å²) in [6.45, 7) is 0. The van der Waals surface area contributed by atoms with Crippen molar-refractivity contribution in [1.29, 1.82) is 0 Å². The Labute approximate surface area is 96.0 Å². The molecule has 2 bridgehead atoms. The number of hydrogen-bond donors (Lipinski definition) is 0. The van der Waals surface area contributed by atoms with Gasteiger partial charge in [0.05, 0.1) is 17.6 Å². The normalized spacial score (nSPS) is 53.9. The van der Waals surface area contributed by atoms with Crippen LogP contribution >= 0.6 is 0 Å². The molecule has 3 fully saturated rings. The molecule has 0 radical (unpaired) electrons. The Morgan fingerprint density at radius 1 is 1.31 bits per heavy atom. The van der Waals surface area contributed by atoms with Crippen LogP contribution < -0.4 is 0 Å². The molecule has 2 aliphatic heterocycles. The van der Waals surface area contributed by atoms with Crippen LogP contribution in [0.3, 0.4) is 0 Å². The van der Waals surface area contributed by atoms with Gasteiger partial charge in [-0.25, -0.2) is 0 Å². The number of Topliss-reactive ketones (excluding diaryl/α,β-unsaturated/α-hetero) is 1. The third kappa shape index (κ3) is 0.994. The Kier molecular flexibility index (Phi) is 1.75. The molecule has 0 aromatic rings. The molecule has 1 spiro atoms. The summed E-state index contributed by atoms with van der Waals surface area (Å²) in [6.07, 6.45) is 11.5. The first-order chi connectivity index (χ1) is 7.80. The zero-order valence-electron chi connectivity index (χ0n) is 9.52. The van der Waals surface area contributed by atoms with Gasteiger partial charge in [-0.15, -0.1) is 0 Å². The number of carbonyl (C=O) groups is 1. The number of carbonyl (C=O) groups excluding carboxylic acids is 1. The van der Waals surface area contributed by atoms with Crippen molar-refractivity contribution >= 4 is 5.78 Å². The molecule has 1 saturated heterocycles. The highest BCUT2D eigenvalue weighted by Crippen LogP contribution is 2.58. The fourth-order valence-electron chi connectivity index (χ4n) is 4.71. The first-order valence-corrected chi connectivity index (χ1v) is 6.70. The average molecular weight is 218 g/mol. The molecular weight excluding hydrogens is 200 g/mol. The van der Waals surface area contributed by atoms with Crippen molar-refractivity contribution < 1.29 is 9.53 Å². The number of hydrogen-bond acceptors (Lipinski definition) is 2. The van der Waals surface area contributed by atoms with Gasteiger partial charge in [0.15, 0.2) is 0 Å². The molecule has 0 amide bonds. The summed E-state index contributed by atoms with van der Waals surface area (Å²) >= 11 is 0. The summed E-state index contributed by atoms with van der Waals surface area (Å²) in [7, 11) is 0. The van der Waals surface area contributed by atoms with Gasteiger partial charge in [-0.05, 0) is 38.0 Å². The van der Waals surface area contributed by atoms with E-state index in [0.717, 1.165) is 25.2 Å². The van der Waals surface area contributed by atoms with E-state index in [1.54, 1.807) is 0 Å². The third-order valence-corrected chi connectivity index (χ3v) is 5.25. The Hall–Kier alpha value is -0.630. The van der Waals surface area contributed by atoms with Crippen molar-refractivity contribution in [2.75, 3.05) is 0 Å². The zero-order valence-corrected chi connectivity index (χ0v) is 9.52. The lowest BCUT2D eigenvalue weighted by atomic mass is 9.62. The molecule has 0 unspecified atom stereocenters. The molecule has 2 nitrogen and oxygen atoms in total. The Bertz CT molecular complexity index is 373. The van der Waals surface area contributed by atoms with E-state index in [-0.39, 0.29) is 17.6 Å². The van der Waals surface area contributed by atoms with Crippen molar-refractivity contribution in [2.24, 2.45) is 17.8 Å². The standard InChI is InChI=1S/C14H18O2/c15-10-5-1-3-9-4-2-7-14-8-6-11(16-14)12(10)13(9)14/h6,8-9,11-13H,1-5,7H2/t9-,11+,12-,13+,14-/m0/s1. The quantitative estimate of drug-likeness (QED) is 0.584. The molecule has 0 aromatic carbocycles. The summed E-state index contributed by atoms with van der Waals surface area (Å²) in [5.41, 5.74) is -0.0295. The highest BCUT2D eigenvalue weighted by molar-refractivity contribution is 5.83. The van der Waals surface area contributed by atoms with Gasteiger partial charge in [0, 0.05) is 12.3 Å². The summed E-state index contributed by atoms with van der Waals surface area (Å²) in [5.74, 6) is 1.95. The molecule has 2 heterocycles. The average Bonchev–Trinajstić information content (AvgIpc) is 2.77. The number of ketones is 1. The first kappa shape index (κ1) is 9.41. The van der Waals surface area contributed by atoms with Crippen molar-refractivity contribution in [3.05, 3.63) is 12.2 Å². The molecule has 4 rings (SSSR count). The van der Waals surface area contributed by atoms with E-state index < -0.39 is 0 Å². The van der Waals surface area contributed by atoms with Crippen LogP contribution in [0.5, 0.6) is 0 Å². The summed E-state index contributed by atoms with van der Waals surface area (Å²) in [6, 6.07) is 0. The molecule has 2 heteroatoms. The maximum absolute atomic E-state index is 12.2. The van der Waals surface area contributed by atoms with Gasteiger partial charge in [0.1, 0.15) is 5.78 Å². The van der Waals surface area contributed by atoms with Crippen LogP contribution in [-0.2, 0) is 9.53 Å². The maximum atomic E-state index is 12.2. The molecule has 2 aliphatic carbocycles. The predicted molar refractivity (Wildman–Crippen MR) is 59.9 cm³/mol. The third-order valence-electron chi connectivity index (χ3n) is 5.25. The molecule has 16 heavy (non-hydrogen) atoms. The second-order valence-corrected chi connectivity index (χ2v) is 5.96. The first-order valence-electron chi connectivity index (χ1n) is 6.70. The molecule has 2 saturated carbocycles. The maximum Gasteiger partial charge on any atom is 0.139 e. The Morgan fingerprint density at radius 3 is 3.12 bits per heavy atom. The molecule has 4 aliphatic rings. The lowest BCUT2D eigenvalue weighted by Crippen LogP contribution is -2.44. The van der Waals surface area contributed by atoms with Crippen LogP contribution in [0.1, 0.15) is 38.5 Å². The minimum absolute atomic E-state index is 0.0295. The minimum Gasteiger partial charge on any atom is -0.363 e. The SMILES string of the molecule is O=C1CCC[C@H]2CCC[C@@]34C=C[C@@H](O3)[C@H]1[C@@H]24. The molecular formula is C14H18O2. The molecule has 0 aromatic heterocycles. The van der Waals surface area contributed by atoms with Crippen LogP contribution in [0.15, 0.2) is 12.2 Å². The fourth-order valence-corrected chi connectivity index (χ4v) is 4.71. The zero-order chi connectivity index (χ0) is 10.8. The number of rotatable bonds is 0.